The first-order valence-corrected chi connectivity index (χ1v) is 14.4. The van der Waals surface area contributed by atoms with Gasteiger partial charge in [-0.05, 0) is 83.9 Å². The topological polar surface area (TPSA) is 29.6 Å². The number of aliphatic imine (C=N–C) groups is 2. The Morgan fingerprint density at radius 1 is 0.775 bits per heavy atom. The summed E-state index contributed by atoms with van der Waals surface area (Å²) < 4.78 is 5.15. The van der Waals surface area contributed by atoms with Crippen molar-refractivity contribution in [2.75, 3.05) is 0 Å². The molecule has 0 bridgehead atoms. The van der Waals surface area contributed by atoms with Crippen molar-refractivity contribution in [3.8, 4) is 16.8 Å². The number of hydrogen-bond acceptors (Lipinski definition) is 2. The highest BCUT2D eigenvalue weighted by Gasteiger charge is 2.39. The minimum atomic E-state index is -0.213. The Hall–Kier alpha value is -4.54. The normalized spacial score (nSPS) is 14.1. The molecule has 0 fully saturated rings. The van der Waals surface area contributed by atoms with Crippen LogP contribution in [0.4, 0.5) is 5.69 Å². The van der Waals surface area contributed by atoms with Gasteiger partial charge in [-0.2, -0.15) is 0 Å². The van der Waals surface area contributed by atoms with Crippen LogP contribution in [0.1, 0.15) is 30.5 Å². The van der Waals surface area contributed by atoms with Crippen molar-refractivity contribution in [1.29, 1.82) is 0 Å². The maximum atomic E-state index is 4.58. The first-order chi connectivity index (χ1) is 19.5. The molecule has 1 aliphatic rings. The van der Waals surface area contributed by atoms with Crippen LogP contribution >= 0.6 is 11.3 Å². The zero-order valence-electron chi connectivity index (χ0n) is 22.7. The second kappa shape index (κ2) is 8.23. The Balaban J connectivity index is 1.48. The summed E-state index contributed by atoms with van der Waals surface area (Å²) in [6, 6.07) is 33.7. The van der Waals surface area contributed by atoms with Crippen LogP contribution in [0.2, 0.25) is 0 Å². The molecule has 7 aromatic rings. The first-order valence-electron chi connectivity index (χ1n) is 13.6. The largest absolute Gasteiger partial charge is 0.309 e. The highest BCUT2D eigenvalue weighted by atomic mass is 32.1. The van der Waals surface area contributed by atoms with Crippen LogP contribution < -0.4 is 0 Å². The SMILES string of the molecule is C=NC=Nc1cc2c(cc1C)-c1ccc3c4ccccc4n(-c4ccc5sc6ccccc6c5c4)c3c1C2(C)C. The van der Waals surface area contributed by atoms with Gasteiger partial charge in [-0.25, -0.2) is 4.99 Å². The summed E-state index contributed by atoms with van der Waals surface area (Å²) in [6.45, 7) is 10.4. The van der Waals surface area contributed by atoms with Crippen molar-refractivity contribution >= 4 is 72.1 Å². The molecule has 4 heteroatoms. The quantitative estimate of drug-likeness (QED) is 0.160. The van der Waals surface area contributed by atoms with Gasteiger partial charge in [-0.3, -0.25) is 4.99 Å². The molecule has 192 valence electrons. The highest BCUT2D eigenvalue weighted by molar-refractivity contribution is 7.25. The average Bonchev–Trinajstić information content (AvgIpc) is 3.57. The third-order valence-corrected chi connectivity index (χ3v) is 9.81. The van der Waals surface area contributed by atoms with Gasteiger partial charge in [0, 0.05) is 42.0 Å². The Morgan fingerprint density at radius 3 is 2.40 bits per heavy atom. The fourth-order valence-electron chi connectivity index (χ4n) is 6.85. The van der Waals surface area contributed by atoms with Crippen LogP contribution in [0, 0.1) is 6.92 Å². The summed E-state index contributed by atoms with van der Waals surface area (Å²) in [7, 11) is 0. The second-order valence-corrected chi connectivity index (χ2v) is 12.3. The number of nitrogens with zero attached hydrogens (tertiary/aromatic N) is 3. The lowest BCUT2D eigenvalue weighted by molar-refractivity contribution is 0.664. The third-order valence-electron chi connectivity index (χ3n) is 8.66. The maximum absolute atomic E-state index is 4.58. The first kappa shape index (κ1) is 23.4. The van der Waals surface area contributed by atoms with E-state index in [1.165, 1.54) is 76.3 Å². The smallest absolute Gasteiger partial charge is 0.115 e. The fourth-order valence-corrected chi connectivity index (χ4v) is 7.94. The average molecular weight is 534 g/mol. The number of benzene rings is 5. The van der Waals surface area contributed by atoms with E-state index in [4.69, 9.17) is 0 Å². The lowest BCUT2D eigenvalue weighted by atomic mass is 9.81. The molecule has 0 unspecified atom stereocenters. The molecule has 2 heterocycles. The van der Waals surface area contributed by atoms with E-state index in [0.717, 1.165) is 11.3 Å². The van der Waals surface area contributed by atoms with Crippen molar-refractivity contribution < 1.29 is 0 Å². The van der Waals surface area contributed by atoms with Crippen LogP contribution in [0.15, 0.2) is 101 Å². The number of fused-ring (bicyclic) bond motifs is 10. The molecular formula is C36H27N3S. The minimum Gasteiger partial charge on any atom is -0.309 e. The fraction of sp³-hybridized carbons (Fsp3) is 0.111. The molecule has 40 heavy (non-hydrogen) atoms. The number of thiophene rings is 1. The van der Waals surface area contributed by atoms with Gasteiger partial charge in [0.05, 0.1) is 16.7 Å². The standard InChI is InChI=1S/C36H27N3S/c1-21-17-27-25-14-15-26-23-9-5-7-11-31(23)39(22-13-16-33-28(18-22)24-10-6-8-12-32(24)40-33)35(26)34(25)36(2,3)29(27)19-30(21)38-20-37-4/h5-20H,4H2,1-3H3. The van der Waals surface area contributed by atoms with Gasteiger partial charge in [-0.15, -0.1) is 11.3 Å². The Morgan fingerprint density at radius 2 is 1.55 bits per heavy atom. The van der Waals surface area contributed by atoms with Gasteiger partial charge < -0.3 is 4.57 Å². The number of aromatic nitrogens is 1. The van der Waals surface area contributed by atoms with Gasteiger partial charge in [-0.1, -0.05) is 62.4 Å². The molecule has 1 aliphatic carbocycles. The number of aryl methyl sites for hydroxylation is 1. The predicted molar refractivity (Wildman–Crippen MR) is 174 cm³/mol. The van der Waals surface area contributed by atoms with E-state index in [-0.39, 0.29) is 5.41 Å². The summed E-state index contributed by atoms with van der Waals surface area (Å²) >= 11 is 1.86. The Kier molecular flexibility index (Phi) is 4.81. The van der Waals surface area contributed by atoms with Crippen molar-refractivity contribution in [2.24, 2.45) is 9.98 Å². The third kappa shape index (κ3) is 3.05. The molecule has 0 atom stereocenters. The molecule has 8 rings (SSSR count). The van der Waals surface area contributed by atoms with Crippen LogP contribution in [0.5, 0.6) is 0 Å². The van der Waals surface area contributed by atoms with E-state index in [9.17, 15) is 0 Å². The highest BCUT2D eigenvalue weighted by Crippen LogP contribution is 2.54. The summed E-state index contributed by atoms with van der Waals surface area (Å²) in [5.74, 6) is 0. The van der Waals surface area contributed by atoms with Crippen LogP contribution in [0.3, 0.4) is 0 Å². The van der Waals surface area contributed by atoms with Gasteiger partial charge in [0.2, 0.25) is 0 Å². The van der Waals surface area contributed by atoms with Gasteiger partial charge in [0.25, 0.3) is 0 Å². The van der Waals surface area contributed by atoms with E-state index in [2.05, 4.69) is 133 Å². The van der Waals surface area contributed by atoms with Crippen molar-refractivity contribution in [1.82, 2.24) is 4.57 Å². The van der Waals surface area contributed by atoms with Crippen molar-refractivity contribution in [2.45, 2.75) is 26.2 Å². The molecule has 0 aliphatic heterocycles. The second-order valence-electron chi connectivity index (χ2n) is 11.3. The van der Waals surface area contributed by atoms with E-state index in [1.54, 1.807) is 0 Å². The van der Waals surface area contributed by atoms with Gasteiger partial charge >= 0.3 is 0 Å². The molecule has 2 aromatic heterocycles. The molecule has 0 saturated heterocycles. The Bertz CT molecular complexity index is 2220. The summed E-state index contributed by atoms with van der Waals surface area (Å²) in [6.07, 6.45) is 1.53. The predicted octanol–water partition coefficient (Wildman–Crippen LogP) is 10.1. The van der Waals surface area contributed by atoms with E-state index < -0.39 is 0 Å². The van der Waals surface area contributed by atoms with Crippen LogP contribution in [-0.4, -0.2) is 17.6 Å². The zero-order chi connectivity index (χ0) is 27.2. The molecule has 0 radical (unpaired) electrons. The van der Waals surface area contributed by atoms with Crippen LogP contribution in [-0.2, 0) is 5.41 Å². The van der Waals surface area contributed by atoms with Gasteiger partial charge in [0.1, 0.15) is 6.34 Å². The van der Waals surface area contributed by atoms with Crippen molar-refractivity contribution in [3.05, 3.63) is 108 Å². The maximum Gasteiger partial charge on any atom is 0.115 e. The summed E-state index contributed by atoms with van der Waals surface area (Å²) in [4.78, 5) is 8.43. The minimum absolute atomic E-state index is 0.213. The Labute approximate surface area is 236 Å². The summed E-state index contributed by atoms with van der Waals surface area (Å²) in [5.41, 5.74) is 10.8. The monoisotopic (exact) mass is 533 g/mol. The number of para-hydroxylation sites is 1. The van der Waals surface area contributed by atoms with Gasteiger partial charge in [0.15, 0.2) is 0 Å². The summed E-state index contributed by atoms with van der Waals surface area (Å²) in [5, 5.41) is 5.20. The van der Waals surface area contributed by atoms with E-state index in [0.29, 0.717) is 0 Å². The zero-order valence-corrected chi connectivity index (χ0v) is 23.5. The molecule has 0 amide bonds. The molecule has 0 saturated carbocycles. The molecular weight excluding hydrogens is 506 g/mol. The van der Waals surface area contributed by atoms with E-state index in [1.807, 2.05) is 11.3 Å². The van der Waals surface area contributed by atoms with Crippen LogP contribution in [0.25, 0.3) is 58.8 Å². The molecule has 5 aromatic carbocycles. The lowest BCUT2D eigenvalue weighted by Crippen LogP contribution is -2.16. The molecule has 0 N–H and O–H groups in total. The van der Waals surface area contributed by atoms with E-state index >= 15 is 0 Å². The molecule has 0 spiro atoms. The van der Waals surface area contributed by atoms with Crippen molar-refractivity contribution in [3.63, 3.8) is 0 Å². The number of rotatable bonds is 3. The number of hydrogen-bond donors (Lipinski definition) is 0. The lowest BCUT2D eigenvalue weighted by Gasteiger charge is -2.24. The molecule has 3 nitrogen and oxygen atoms in total.